The molecular formula is C15H24O4. The number of rotatable bonds is 6. The van der Waals surface area contributed by atoms with Crippen LogP contribution in [0.5, 0.6) is 0 Å². The lowest BCUT2D eigenvalue weighted by Crippen LogP contribution is -2.29. The second kappa shape index (κ2) is 7.12. The van der Waals surface area contributed by atoms with Gasteiger partial charge in [-0.3, -0.25) is 0 Å². The minimum absolute atomic E-state index is 0.0297. The number of hydrogen-bond donors (Lipinski definition) is 0. The third-order valence-corrected chi connectivity index (χ3v) is 2.21. The van der Waals surface area contributed by atoms with Gasteiger partial charge in [0.1, 0.15) is 12.7 Å². The molecule has 4 nitrogen and oxygen atoms in total. The van der Waals surface area contributed by atoms with E-state index in [2.05, 4.69) is 13.2 Å². The van der Waals surface area contributed by atoms with Crippen LogP contribution in [0.15, 0.2) is 24.3 Å². The van der Waals surface area contributed by atoms with Gasteiger partial charge in [-0.2, -0.15) is 0 Å². The monoisotopic (exact) mass is 268 g/mol. The first kappa shape index (κ1) is 17.4. The number of carbonyl (C=O) groups excluding carboxylic acids is 2. The predicted molar refractivity (Wildman–Crippen MR) is 74.5 cm³/mol. The number of hydrogen-bond acceptors (Lipinski definition) is 4. The van der Waals surface area contributed by atoms with Crippen molar-refractivity contribution in [2.75, 3.05) is 6.61 Å². The molecule has 1 unspecified atom stereocenters. The Kier molecular flexibility index (Phi) is 6.53. The molecule has 0 radical (unpaired) electrons. The summed E-state index contributed by atoms with van der Waals surface area (Å²) in [7, 11) is 0. The van der Waals surface area contributed by atoms with Crippen molar-refractivity contribution in [3.05, 3.63) is 24.3 Å². The molecule has 0 amide bonds. The average molecular weight is 268 g/mol. The van der Waals surface area contributed by atoms with Gasteiger partial charge >= 0.3 is 11.9 Å². The van der Waals surface area contributed by atoms with E-state index >= 15 is 0 Å². The van der Waals surface area contributed by atoms with Gasteiger partial charge in [-0.25, -0.2) is 9.59 Å². The van der Waals surface area contributed by atoms with Crippen molar-refractivity contribution in [1.82, 2.24) is 0 Å². The zero-order chi connectivity index (χ0) is 15.2. The Morgan fingerprint density at radius 1 is 1.05 bits per heavy atom. The molecule has 0 heterocycles. The maximum absolute atomic E-state index is 11.5. The topological polar surface area (TPSA) is 52.6 Å². The Bertz CT molecular complexity index is 374. The molecule has 0 N–H and O–H groups in total. The van der Waals surface area contributed by atoms with Gasteiger partial charge in [-0.15, -0.1) is 0 Å². The van der Waals surface area contributed by atoms with Gasteiger partial charge in [0.05, 0.1) is 0 Å². The van der Waals surface area contributed by atoms with Crippen molar-refractivity contribution in [3.63, 3.8) is 0 Å². The Hall–Kier alpha value is -1.58. The first-order chi connectivity index (χ1) is 8.53. The summed E-state index contributed by atoms with van der Waals surface area (Å²) >= 11 is 0. The first-order valence-electron chi connectivity index (χ1n) is 6.22. The second-order valence-corrected chi connectivity index (χ2v) is 5.95. The first-order valence-corrected chi connectivity index (χ1v) is 6.22. The van der Waals surface area contributed by atoms with Crippen molar-refractivity contribution in [1.29, 1.82) is 0 Å². The van der Waals surface area contributed by atoms with Gasteiger partial charge in [0.25, 0.3) is 0 Å². The highest BCUT2D eigenvalue weighted by Gasteiger charge is 2.24. The fourth-order valence-electron chi connectivity index (χ4n) is 1.36. The van der Waals surface area contributed by atoms with Crippen molar-refractivity contribution in [2.45, 2.75) is 47.1 Å². The van der Waals surface area contributed by atoms with Gasteiger partial charge in [-0.05, 0) is 25.7 Å². The van der Waals surface area contributed by atoms with Crippen LogP contribution in [0, 0.1) is 5.41 Å². The minimum atomic E-state index is -0.481. The van der Waals surface area contributed by atoms with E-state index in [-0.39, 0.29) is 12.0 Å². The summed E-state index contributed by atoms with van der Waals surface area (Å²) in [5, 5.41) is 0. The summed E-state index contributed by atoms with van der Waals surface area (Å²) in [6.07, 6.45) is 0.114. The molecule has 0 saturated carbocycles. The van der Waals surface area contributed by atoms with Crippen LogP contribution in [0.4, 0.5) is 0 Å². The number of ether oxygens (including phenoxy) is 2. The van der Waals surface area contributed by atoms with E-state index in [1.54, 1.807) is 13.8 Å². The summed E-state index contributed by atoms with van der Waals surface area (Å²) in [6, 6.07) is 0. The standard InChI is InChI=1S/C15H24O4/c1-10(2)13(16)18-9-12(8-15(5,6)7)19-14(17)11(3)4/h12H,1,3,8-9H2,2,4-7H3. The van der Waals surface area contributed by atoms with E-state index in [1.165, 1.54) is 0 Å². The molecule has 0 aliphatic rings. The van der Waals surface area contributed by atoms with Crippen LogP contribution in [-0.2, 0) is 19.1 Å². The highest BCUT2D eigenvalue weighted by Crippen LogP contribution is 2.23. The summed E-state index contributed by atoms with van der Waals surface area (Å²) in [5.41, 5.74) is 0.598. The lowest BCUT2D eigenvalue weighted by Gasteiger charge is -2.25. The highest BCUT2D eigenvalue weighted by molar-refractivity contribution is 5.87. The van der Waals surface area contributed by atoms with Crippen LogP contribution >= 0.6 is 0 Å². The Labute approximate surface area is 115 Å². The molecule has 0 bridgehead atoms. The second-order valence-electron chi connectivity index (χ2n) is 5.95. The molecule has 19 heavy (non-hydrogen) atoms. The van der Waals surface area contributed by atoms with Crippen LogP contribution in [0.3, 0.4) is 0 Å². The van der Waals surface area contributed by atoms with Gasteiger partial charge in [-0.1, -0.05) is 33.9 Å². The van der Waals surface area contributed by atoms with Gasteiger partial charge < -0.3 is 9.47 Å². The van der Waals surface area contributed by atoms with Crippen molar-refractivity contribution < 1.29 is 19.1 Å². The Morgan fingerprint density at radius 2 is 1.53 bits per heavy atom. The molecule has 4 heteroatoms. The van der Waals surface area contributed by atoms with Crippen LogP contribution < -0.4 is 0 Å². The number of esters is 2. The van der Waals surface area contributed by atoms with E-state index in [0.717, 1.165) is 0 Å². The fourth-order valence-corrected chi connectivity index (χ4v) is 1.36. The van der Waals surface area contributed by atoms with Crippen molar-refractivity contribution in [2.24, 2.45) is 5.41 Å². The molecule has 0 fully saturated rings. The number of carbonyl (C=O) groups is 2. The van der Waals surface area contributed by atoms with E-state index in [0.29, 0.717) is 17.6 Å². The fraction of sp³-hybridized carbons (Fsp3) is 0.600. The van der Waals surface area contributed by atoms with Crippen molar-refractivity contribution >= 4 is 11.9 Å². The van der Waals surface area contributed by atoms with Gasteiger partial charge in [0.2, 0.25) is 0 Å². The SMILES string of the molecule is C=C(C)C(=O)OCC(CC(C)(C)C)OC(=O)C(=C)C. The van der Waals surface area contributed by atoms with Crippen LogP contribution in [-0.4, -0.2) is 24.6 Å². The molecule has 0 saturated heterocycles. The average Bonchev–Trinajstić information content (AvgIpc) is 2.22. The van der Waals surface area contributed by atoms with E-state index < -0.39 is 18.0 Å². The molecule has 0 aliphatic heterocycles. The molecule has 0 rings (SSSR count). The molecule has 0 spiro atoms. The summed E-state index contributed by atoms with van der Waals surface area (Å²) in [6.45, 7) is 16.3. The van der Waals surface area contributed by atoms with Crippen LogP contribution in [0.1, 0.15) is 41.0 Å². The normalized spacial score (nSPS) is 12.5. The summed E-state index contributed by atoms with van der Waals surface area (Å²) < 4.78 is 10.3. The molecular weight excluding hydrogens is 244 g/mol. The highest BCUT2D eigenvalue weighted by atomic mass is 16.6. The largest absolute Gasteiger partial charge is 0.458 e. The molecule has 0 aromatic rings. The van der Waals surface area contributed by atoms with E-state index in [4.69, 9.17) is 9.47 Å². The van der Waals surface area contributed by atoms with Crippen LogP contribution in [0.2, 0.25) is 0 Å². The molecule has 1 atom stereocenters. The maximum Gasteiger partial charge on any atom is 0.333 e. The quantitative estimate of drug-likeness (QED) is 0.549. The Balaban J connectivity index is 4.59. The van der Waals surface area contributed by atoms with E-state index in [1.807, 2.05) is 20.8 Å². The lowest BCUT2D eigenvalue weighted by atomic mass is 9.89. The molecule has 0 aliphatic carbocycles. The molecule has 0 aromatic carbocycles. The molecule has 108 valence electrons. The van der Waals surface area contributed by atoms with E-state index in [9.17, 15) is 9.59 Å². The summed E-state index contributed by atoms with van der Waals surface area (Å²) in [4.78, 5) is 22.9. The van der Waals surface area contributed by atoms with Crippen LogP contribution in [0.25, 0.3) is 0 Å². The van der Waals surface area contributed by atoms with Gasteiger partial charge in [0.15, 0.2) is 0 Å². The van der Waals surface area contributed by atoms with Crippen molar-refractivity contribution in [3.8, 4) is 0 Å². The third-order valence-electron chi connectivity index (χ3n) is 2.21. The lowest BCUT2D eigenvalue weighted by molar-refractivity contribution is -0.155. The smallest absolute Gasteiger partial charge is 0.333 e. The zero-order valence-electron chi connectivity index (χ0n) is 12.5. The predicted octanol–water partition coefficient (Wildman–Crippen LogP) is 3.03. The maximum atomic E-state index is 11.5. The Morgan fingerprint density at radius 3 is 1.89 bits per heavy atom. The summed E-state index contributed by atoms with van der Waals surface area (Å²) in [5.74, 6) is -0.953. The minimum Gasteiger partial charge on any atom is -0.458 e. The van der Waals surface area contributed by atoms with Gasteiger partial charge in [0, 0.05) is 11.1 Å². The zero-order valence-corrected chi connectivity index (χ0v) is 12.5. The third kappa shape index (κ3) is 8.19. The molecule has 0 aromatic heterocycles.